The monoisotopic (exact) mass is 222 g/mol. The third kappa shape index (κ3) is 1.42. The van der Waals surface area contributed by atoms with Crippen LogP contribution in [0.15, 0.2) is 12.3 Å². The number of rotatable bonds is 3. The number of hydrogen-bond acceptors (Lipinski definition) is 2. The van der Waals surface area contributed by atoms with Crippen LogP contribution in [0.25, 0.3) is 0 Å². The van der Waals surface area contributed by atoms with Crippen molar-refractivity contribution in [2.75, 3.05) is 7.11 Å². The Morgan fingerprint density at radius 1 is 1.44 bits per heavy atom. The lowest BCUT2D eigenvalue weighted by molar-refractivity contribution is -0.173. The highest BCUT2D eigenvalue weighted by atomic mass is 16.5. The van der Waals surface area contributed by atoms with Gasteiger partial charge in [0.25, 0.3) is 0 Å². The van der Waals surface area contributed by atoms with Crippen molar-refractivity contribution >= 4 is 5.78 Å². The van der Waals surface area contributed by atoms with Crippen molar-refractivity contribution in [3.8, 4) is 0 Å². The Bertz CT molecular complexity index is 330. The summed E-state index contributed by atoms with van der Waals surface area (Å²) < 4.78 is 4.92. The molecule has 0 spiro atoms. The molecule has 3 rings (SSSR count). The largest absolute Gasteiger partial charge is 0.505 e. The van der Waals surface area contributed by atoms with E-state index < -0.39 is 0 Å². The fraction of sp³-hybridized carbons (Fsp3) is 0.786. The molecule has 3 atom stereocenters. The molecule has 2 nitrogen and oxygen atoms in total. The van der Waals surface area contributed by atoms with Gasteiger partial charge in [-0.3, -0.25) is 4.79 Å². The molecular weight excluding hydrogens is 200 g/mol. The maximum absolute atomic E-state index is 12.2. The first-order valence-electron chi connectivity index (χ1n) is 6.14. The van der Waals surface area contributed by atoms with Crippen LogP contribution < -0.4 is 0 Å². The van der Waals surface area contributed by atoms with Gasteiger partial charge >= 0.3 is 0 Å². The molecule has 3 fully saturated rings. The Morgan fingerprint density at radius 3 is 2.69 bits per heavy atom. The van der Waals surface area contributed by atoms with E-state index in [2.05, 4.69) is 20.8 Å². The predicted octanol–water partition coefficient (Wildman–Crippen LogP) is 3.18. The Kier molecular flexibility index (Phi) is 2.64. The summed E-state index contributed by atoms with van der Waals surface area (Å²) >= 11 is 0. The van der Waals surface area contributed by atoms with E-state index in [1.165, 1.54) is 6.42 Å². The highest BCUT2D eigenvalue weighted by molar-refractivity contribution is 5.87. The summed E-state index contributed by atoms with van der Waals surface area (Å²) in [6.45, 7) is 6.77. The van der Waals surface area contributed by atoms with Gasteiger partial charge in [0.2, 0.25) is 0 Å². The number of allylic oxidation sites excluding steroid dienone is 1. The minimum Gasteiger partial charge on any atom is -0.505 e. The number of methoxy groups -OCH3 is 1. The molecule has 0 amide bonds. The molecular formula is C14H22O2. The number of carbonyl (C=O) groups is 1. The smallest absolute Gasteiger partial charge is 0.139 e. The molecule has 0 unspecified atom stereocenters. The van der Waals surface area contributed by atoms with E-state index in [4.69, 9.17) is 4.74 Å². The van der Waals surface area contributed by atoms with E-state index in [-0.39, 0.29) is 5.41 Å². The van der Waals surface area contributed by atoms with Crippen LogP contribution in [0.1, 0.15) is 40.0 Å². The van der Waals surface area contributed by atoms with Crippen molar-refractivity contribution in [2.24, 2.45) is 22.7 Å². The van der Waals surface area contributed by atoms with Crippen molar-refractivity contribution in [2.45, 2.75) is 40.0 Å². The summed E-state index contributed by atoms with van der Waals surface area (Å²) in [5, 5.41) is 0. The summed E-state index contributed by atoms with van der Waals surface area (Å²) in [5.74, 6) is 1.63. The van der Waals surface area contributed by atoms with Crippen LogP contribution >= 0.6 is 0 Å². The van der Waals surface area contributed by atoms with Gasteiger partial charge in [0, 0.05) is 11.8 Å². The first-order chi connectivity index (χ1) is 7.43. The molecule has 2 heteroatoms. The predicted molar refractivity (Wildman–Crippen MR) is 63.9 cm³/mol. The number of ether oxygens (including phenoxy) is 1. The Hall–Kier alpha value is -0.790. The van der Waals surface area contributed by atoms with Crippen LogP contribution in [0.4, 0.5) is 0 Å². The molecule has 0 heterocycles. The SMILES string of the molecule is CO/C=C\C[C@@]1(C)C(=O)C[C@@H]2C[C@@H]1C2(C)C. The molecule has 0 aromatic rings. The van der Waals surface area contributed by atoms with E-state index >= 15 is 0 Å². The van der Waals surface area contributed by atoms with Gasteiger partial charge in [-0.05, 0) is 36.2 Å². The second-order valence-electron chi connectivity index (χ2n) is 6.16. The quantitative estimate of drug-likeness (QED) is 0.685. The molecule has 3 aliphatic carbocycles. The minimum absolute atomic E-state index is 0.159. The highest BCUT2D eigenvalue weighted by Crippen LogP contribution is 2.65. The average Bonchev–Trinajstić information content (AvgIpc) is 2.22. The molecule has 16 heavy (non-hydrogen) atoms. The first-order valence-corrected chi connectivity index (χ1v) is 6.14. The zero-order chi connectivity index (χ0) is 12.0. The lowest BCUT2D eigenvalue weighted by Crippen LogP contribution is -2.60. The summed E-state index contributed by atoms with van der Waals surface area (Å²) in [6.07, 6.45) is 6.51. The standard InChI is InChI=1S/C14H22O2/c1-13(2)10-8-11(13)14(3,12(15)9-10)6-5-7-16-4/h5,7,10-11H,6,8-9H2,1-4H3/b7-5-/t10-,11+,14+/m0/s1. The summed E-state index contributed by atoms with van der Waals surface area (Å²) in [5.41, 5.74) is 0.191. The van der Waals surface area contributed by atoms with Crippen molar-refractivity contribution < 1.29 is 9.53 Å². The summed E-state index contributed by atoms with van der Waals surface area (Å²) in [7, 11) is 1.64. The van der Waals surface area contributed by atoms with E-state index in [1.54, 1.807) is 13.4 Å². The third-order valence-corrected chi connectivity index (χ3v) is 5.08. The van der Waals surface area contributed by atoms with Gasteiger partial charge in [0.05, 0.1) is 13.4 Å². The molecule has 3 saturated carbocycles. The molecule has 2 bridgehead atoms. The number of hydrogen-bond donors (Lipinski definition) is 0. The molecule has 0 aromatic heterocycles. The highest BCUT2D eigenvalue weighted by Gasteiger charge is 2.62. The van der Waals surface area contributed by atoms with Crippen molar-refractivity contribution in [3.63, 3.8) is 0 Å². The van der Waals surface area contributed by atoms with Gasteiger partial charge < -0.3 is 4.74 Å². The fourth-order valence-electron chi connectivity index (χ4n) is 3.74. The van der Waals surface area contributed by atoms with Crippen LogP contribution in [-0.2, 0) is 9.53 Å². The number of fused-ring (bicyclic) bond motifs is 2. The zero-order valence-corrected chi connectivity index (χ0v) is 10.7. The van der Waals surface area contributed by atoms with Crippen LogP contribution in [0.3, 0.4) is 0 Å². The third-order valence-electron chi connectivity index (χ3n) is 5.08. The molecule has 0 aliphatic heterocycles. The Morgan fingerprint density at radius 2 is 2.12 bits per heavy atom. The zero-order valence-electron chi connectivity index (χ0n) is 10.7. The van der Waals surface area contributed by atoms with E-state index in [9.17, 15) is 4.79 Å². The lowest BCUT2D eigenvalue weighted by atomic mass is 9.40. The molecule has 0 radical (unpaired) electrons. The van der Waals surface area contributed by atoms with E-state index in [1.807, 2.05) is 6.08 Å². The normalized spacial score (nSPS) is 40.9. The second-order valence-corrected chi connectivity index (χ2v) is 6.16. The van der Waals surface area contributed by atoms with Gasteiger partial charge in [-0.25, -0.2) is 0 Å². The van der Waals surface area contributed by atoms with Gasteiger partial charge in [-0.2, -0.15) is 0 Å². The minimum atomic E-state index is -0.159. The van der Waals surface area contributed by atoms with Gasteiger partial charge in [0.1, 0.15) is 5.78 Å². The Balaban J connectivity index is 2.17. The maximum Gasteiger partial charge on any atom is 0.139 e. The van der Waals surface area contributed by atoms with E-state index in [0.717, 1.165) is 12.8 Å². The van der Waals surface area contributed by atoms with Crippen molar-refractivity contribution in [1.82, 2.24) is 0 Å². The van der Waals surface area contributed by atoms with Crippen molar-refractivity contribution in [1.29, 1.82) is 0 Å². The summed E-state index contributed by atoms with van der Waals surface area (Å²) in [6, 6.07) is 0. The van der Waals surface area contributed by atoms with Crippen LogP contribution in [-0.4, -0.2) is 12.9 Å². The number of ketones is 1. The van der Waals surface area contributed by atoms with Crippen LogP contribution in [0.5, 0.6) is 0 Å². The molecule has 3 aliphatic rings. The average molecular weight is 222 g/mol. The maximum atomic E-state index is 12.2. The fourth-order valence-corrected chi connectivity index (χ4v) is 3.74. The van der Waals surface area contributed by atoms with Gasteiger partial charge in [0.15, 0.2) is 0 Å². The topological polar surface area (TPSA) is 26.3 Å². The molecule has 0 N–H and O–H groups in total. The lowest BCUT2D eigenvalue weighted by Gasteiger charge is -2.63. The molecule has 0 saturated heterocycles. The Labute approximate surface area is 98.1 Å². The molecule has 0 aromatic carbocycles. The summed E-state index contributed by atoms with van der Waals surface area (Å²) in [4.78, 5) is 12.2. The van der Waals surface area contributed by atoms with E-state index in [0.29, 0.717) is 23.0 Å². The van der Waals surface area contributed by atoms with Crippen LogP contribution in [0.2, 0.25) is 0 Å². The van der Waals surface area contributed by atoms with Gasteiger partial charge in [-0.15, -0.1) is 0 Å². The van der Waals surface area contributed by atoms with Crippen LogP contribution in [0, 0.1) is 22.7 Å². The number of Topliss-reactive ketones (excluding diaryl/α,β-unsaturated/α-hetero) is 1. The van der Waals surface area contributed by atoms with Gasteiger partial charge in [-0.1, -0.05) is 20.8 Å². The molecule has 90 valence electrons. The first kappa shape index (κ1) is 11.7. The van der Waals surface area contributed by atoms with Crippen molar-refractivity contribution in [3.05, 3.63) is 12.3 Å². The number of carbonyl (C=O) groups excluding carboxylic acids is 1. The second kappa shape index (κ2) is 3.61.